The fourth-order valence-electron chi connectivity index (χ4n) is 2.17. The largest absolute Gasteiger partial charge is 0.466 e. The number of hydrogen-bond acceptors (Lipinski definition) is 2. The molecule has 3 heteroatoms. The molecule has 0 radical (unpaired) electrons. The lowest BCUT2D eigenvalue weighted by Crippen LogP contribution is -2.15. The summed E-state index contributed by atoms with van der Waals surface area (Å²) in [5.74, 6) is 2.05. The molecule has 2 aliphatic carbocycles. The van der Waals surface area contributed by atoms with Crippen LogP contribution in [-0.4, -0.2) is 12.6 Å². The van der Waals surface area contributed by atoms with E-state index in [0.29, 0.717) is 6.61 Å². The number of ether oxygens (including phenoxy) is 1. The lowest BCUT2D eigenvalue weighted by molar-refractivity contribution is -0.148. The Kier molecular flexibility index (Phi) is 2.99. The van der Waals surface area contributed by atoms with Crippen LogP contribution in [0.25, 0.3) is 0 Å². The molecule has 0 spiro atoms. The van der Waals surface area contributed by atoms with Crippen molar-refractivity contribution < 1.29 is 9.53 Å². The molecule has 0 aromatic rings. The molecular weight excluding hydrogens is 176 g/mol. The van der Waals surface area contributed by atoms with Crippen LogP contribution in [0.15, 0.2) is 0 Å². The summed E-state index contributed by atoms with van der Waals surface area (Å²) in [4.78, 5) is 11.2. The van der Waals surface area contributed by atoms with E-state index in [1.807, 2.05) is 6.92 Å². The first-order chi connectivity index (χ1) is 5.31. The van der Waals surface area contributed by atoms with Crippen molar-refractivity contribution in [3.05, 3.63) is 0 Å². The van der Waals surface area contributed by atoms with Gasteiger partial charge in [0, 0.05) is 0 Å². The molecule has 1 unspecified atom stereocenters. The van der Waals surface area contributed by atoms with Crippen molar-refractivity contribution in [2.24, 2.45) is 17.8 Å². The van der Waals surface area contributed by atoms with Gasteiger partial charge in [-0.1, -0.05) is 0 Å². The summed E-state index contributed by atoms with van der Waals surface area (Å²) in [7, 11) is 0. The molecule has 2 aliphatic rings. The van der Waals surface area contributed by atoms with Gasteiger partial charge in [0.25, 0.3) is 0 Å². The molecule has 0 aliphatic heterocycles. The predicted octanol–water partition coefficient (Wildman–Crippen LogP) is 2.02. The number of carbonyl (C=O) groups excluding carboxylic acids is 1. The average Bonchev–Trinajstić information content (AvgIpc) is 2.59. The van der Waals surface area contributed by atoms with Crippen LogP contribution in [0, 0.1) is 17.8 Å². The summed E-state index contributed by atoms with van der Waals surface area (Å²) in [6.07, 6.45) is 3.57. The van der Waals surface area contributed by atoms with E-state index in [1.165, 1.54) is 6.42 Å². The van der Waals surface area contributed by atoms with Gasteiger partial charge in [-0.25, -0.2) is 0 Å². The summed E-state index contributed by atoms with van der Waals surface area (Å²) >= 11 is 0. The third-order valence-corrected chi connectivity index (χ3v) is 2.86. The third-order valence-electron chi connectivity index (χ3n) is 2.86. The molecule has 0 N–H and O–H groups in total. The zero-order valence-electron chi connectivity index (χ0n) is 7.29. The Labute approximate surface area is 79.1 Å². The van der Waals surface area contributed by atoms with E-state index in [-0.39, 0.29) is 24.3 Å². The first kappa shape index (κ1) is 9.85. The molecular formula is C9H15ClO2. The van der Waals surface area contributed by atoms with Crippen molar-refractivity contribution in [2.75, 3.05) is 6.61 Å². The highest BCUT2D eigenvalue weighted by molar-refractivity contribution is 5.85. The van der Waals surface area contributed by atoms with Gasteiger partial charge in [0.2, 0.25) is 0 Å². The zero-order valence-corrected chi connectivity index (χ0v) is 8.10. The van der Waals surface area contributed by atoms with E-state index in [2.05, 4.69) is 0 Å². The first-order valence-corrected chi connectivity index (χ1v) is 4.48. The molecule has 2 rings (SSSR count). The van der Waals surface area contributed by atoms with E-state index < -0.39 is 0 Å². The maximum absolute atomic E-state index is 11.2. The van der Waals surface area contributed by atoms with Crippen LogP contribution < -0.4 is 0 Å². The summed E-state index contributed by atoms with van der Waals surface area (Å²) in [6.45, 7) is 2.40. The minimum atomic E-state index is 0. The maximum atomic E-state index is 11.2. The molecule has 2 nitrogen and oxygen atoms in total. The van der Waals surface area contributed by atoms with Crippen molar-refractivity contribution in [1.29, 1.82) is 0 Å². The first-order valence-electron chi connectivity index (χ1n) is 4.48. The van der Waals surface area contributed by atoms with Crippen molar-refractivity contribution in [2.45, 2.75) is 26.2 Å². The highest BCUT2D eigenvalue weighted by atomic mass is 35.5. The van der Waals surface area contributed by atoms with E-state index in [0.717, 1.165) is 24.7 Å². The van der Waals surface area contributed by atoms with Crippen molar-refractivity contribution in [3.8, 4) is 0 Å². The van der Waals surface area contributed by atoms with Crippen molar-refractivity contribution in [3.63, 3.8) is 0 Å². The van der Waals surface area contributed by atoms with Crippen molar-refractivity contribution >= 4 is 18.4 Å². The second-order valence-corrected chi connectivity index (χ2v) is 3.68. The van der Waals surface area contributed by atoms with E-state index >= 15 is 0 Å². The van der Waals surface area contributed by atoms with Gasteiger partial charge < -0.3 is 4.74 Å². The molecule has 0 saturated heterocycles. The second kappa shape index (κ2) is 3.65. The lowest BCUT2D eigenvalue weighted by atomic mass is 10.0. The van der Waals surface area contributed by atoms with Gasteiger partial charge in [-0.2, -0.15) is 0 Å². The molecule has 2 fully saturated rings. The standard InChI is InChI=1S/C9H14O2.ClH/c1-2-11-9(10)8-4-6-3-7(6)5-8;/h6-8H,2-5H2,1H3;1H/t6-,7+,8?;. The normalized spacial score (nSPS) is 36.6. The SMILES string of the molecule is CCOC(=O)C1C[C@@H]2C[C@@H]2C1.Cl. The van der Waals surface area contributed by atoms with Gasteiger partial charge in [0.1, 0.15) is 0 Å². The molecule has 0 amide bonds. The smallest absolute Gasteiger partial charge is 0.308 e. The number of fused-ring (bicyclic) bond motifs is 1. The summed E-state index contributed by atoms with van der Waals surface area (Å²) < 4.78 is 4.96. The molecule has 0 bridgehead atoms. The van der Waals surface area contributed by atoms with Gasteiger partial charge >= 0.3 is 5.97 Å². The Morgan fingerprint density at radius 3 is 2.42 bits per heavy atom. The Morgan fingerprint density at radius 2 is 1.92 bits per heavy atom. The van der Waals surface area contributed by atoms with E-state index in [4.69, 9.17) is 4.74 Å². The molecule has 0 aromatic carbocycles. The van der Waals surface area contributed by atoms with Gasteiger partial charge in [-0.15, -0.1) is 12.4 Å². The Hall–Kier alpha value is -0.240. The maximum Gasteiger partial charge on any atom is 0.308 e. The topological polar surface area (TPSA) is 26.3 Å². The van der Waals surface area contributed by atoms with Gasteiger partial charge in [0.15, 0.2) is 0 Å². The molecule has 0 aromatic heterocycles. The molecule has 0 heterocycles. The molecule has 2 saturated carbocycles. The average molecular weight is 191 g/mol. The number of hydrogen-bond donors (Lipinski definition) is 0. The number of carbonyl (C=O) groups is 1. The predicted molar refractivity (Wildman–Crippen MR) is 48.2 cm³/mol. The van der Waals surface area contributed by atoms with E-state index in [9.17, 15) is 4.79 Å². The van der Waals surface area contributed by atoms with Crippen LogP contribution in [0.3, 0.4) is 0 Å². The summed E-state index contributed by atoms with van der Waals surface area (Å²) in [5, 5.41) is 0. The highest BCUT2D eigenvalue weighted by Crippen LogP contribution is 2.54. The van der Waals surface area contributed by atoms with Crippen molar-refractivity contribution in [1.82, 2.24) is 0 Å². The van der Waals surface area contributed by atoms with Crippen LogP contribution >= 0.6 is 12.4 Å². The monoisotopic (exact) mass is 190 g/mol. The Balaban J connectivity index is 0.000000720. The van der Waals surface area contributed by atoms with Gasteiger partial charge in [-0.05, 0) is 38.0 Å². The third kappa shape index (κ3) is 1.74. The Bertz CT molecular complexity index is 171. The van der Waals surface area contributed by atoms with E-state index in [1.54, 1.807) is 0 Å². The van der Waals surface area contributed by atoms with Crippen LogP contribution in [0.1, 0.15) is 26.2 Å². The lowest BCUT2D eigenvalue weighted by Gasteiger charge is -2.09. The minimum Gasteiger partial charge on any atom is -0.466 e. The van der Waals surface area contributed by atoms with Crippen LogP contribution in [-0.2, 0) is 9.53 Å². The van der Waals surface area contributed by atoms with Gasteiger partial charge in [-0.3, -0.25) is 4.79 Å². The molecule has 70 valence electrons. The molecule has 12 heavy (non-hydrogen) atoms. The second-order valence-electron chi connectivity index (χ2n) is 3.68. The van der Waals surface area contributed by atoms with Crippen LogP contribution in [0.5, 0.6) is 0 Å². The number of halogens is 1. The highest BCUT2D eigenvalue weighted by Gasteiger charge is 2.48. The Morgan fingerprint density at radius 1 is 1.33 bits per heavy atom. The summed E-state index contributed by atoms with van der Waals surface area (Å²) in [5.41, 5.74) is 0. The van der Waals surface area contributed by atoms with Gasteiger partial charge in [0.05, 0.1) is 12.5 Å². The fourth-order valence-corrected chi connectivity index (χ4v) is 2.17. The quantitative estimate of drug-likeness (QED) is 0.623. The fraction of sp³-hybridized carbons (Fsp3) is 0.889. The van der Waals surface area contributed by atoms with Crippen LogP contribution in [0.2, 0.25) is 0 Å². The van der Waals surface area contributed by atoms with Crippen LogP contribution in [0.4, 0.5) is 0 Å². The minimum absolute atomic E-state index is 0. The zero-order chi connectivity index (χ0) is 7.84. The number of esters is 1. The number of rotatable bonds is 2. The summed E-state index contributed by atoms with van der Waals surface area (Å²) in [6, 6.07) is 0. The molecule has 3 atom stereocenters.